The molecule has 0 aliphatic carbocycles. The number of ether oxygens (including phenoxy) is 2. The van der Waals surface area contributed by atoms with Crippen molar-refractivity contribution >= 4 is 29.1 Å². The molecule has 0 aliphatic rings. The smallest absolute Gasteiger partial charge is 0.258 e. The van der Waals surface area contributed by atoms with Gasteiger partial charge in [0.25, 0.3) is 5.91 Å². The predicted molar refractivity (Wildman–Crippen MR) is 96.2 cm³/mol. The SMILES string of the molecule is COc1ccc(C)cc1C(C)NC(=O)COc1ccc(Cl)cc1Cl. The number of hydrogen-bond donors (Lipinski definition) is 1. The molecule has 6 heteroatoms. The maximum atomic E-state index is 12.1. The van der Waals surface area contributed by atoms with Crippen molar-refractivity contribution in [3.63, 3.8) is 0 Å². The molecule has 0 spiro atoms. The molecule has 1 atom stereocenters. The lowest BCUT2D eigenvalue weighted by atomic mass is 10.0. The summed E-state index contributed by atoms with van der Waals surface area (Å²) in [5, 5.41) is 3.76. The minimum atomic E-state index is -0.253. The van der Waals surface area contributed by atoms with Gasteiger partial charge in [0.15, 0.2) is 6.61 Å². The van der Waals surface area contributed by atoms with E-state index in [9.17, 15) is 4.79 Å². The van der Waals surface area contributed by atoms with E-state index in [1.807, 2.05) is 32.0 Å². The van der Waals surface area contributed by atoms with Crippen molar-refractivity contribution in [2.45, 2.75) is 19.9 Å². The molecular formula is C18H19Cl2NO3. The fourth-order valence-corrected chi connectivity index (χ4v) is 2.75. The zero-order valence-corrected chi connectivity index (χ0v) is 15.2. The lowest BCUT2D eigenvalue weighted by molar-refractivity contribution is -0.123. The Hall–Kier alpha value is -1.91. The Bertz CT molecular complexity index is 734. The maximum absolute atomic E-state index is 12.1. The highest BCUT2D eigenvalue weighted by atomic mass is 35.5. The van der Waals surface area contributed by atoms with E-state index in [0.717, 1.165) is 16.9 Å². The van der Waals surface area contributed by atoms with Gasteiger partial charge in [-0.25, -0.2) is 0 Å². The number of carbonyl (C=O) groups excluding carboxylic acids is 1. The molecular weight excluding hydrogens is 349 g/mol. The van der Waals surface area contributed by atoms with E-state index in [1.54, 1.807) is 25.3 Å². The van der Waals surface area contributed by atoms with Gasteiger partial charge in [0, 0.05) is 10.6 Å². The van der Waals surface area contributed by atoms with Crippen LogP contribution in [0.1, 0.15) is 24.1 Å². The number of methoxy groups -OCH3 is 1. The summed E-state index contributed by atoms with van der Waals surface area (Å²) < 4.78 is 10.8. The summed E-state index contributed by atoms with van der Waals surface area (Å²) in [6, 6.07) is 10.5. The first-order chi connectivity index (χ1) is 11.4. The summed E-state index contributed by atoms with van der Waals surface area (Å²) >= 11 is 11.8. The van der Waals surface area contributed by atoms with Gasteiger partial charge >= 0.3 is 0 Å². The van der Waals surface area contributed by atoms with E-state index in [-0.39, 0.29) is 18.6 Å². The second-order valence-corrected chi connectivity index (χ2v) is 6.24. The maximum Gasteiger partial charge on any atom is 0.258 e. The minimum absolute atomic E-state index is 0.139. The average molecular weight is 368 g/mol. The molecule has 128 valence electrons. The molecule has 2 aromatic rings. The normalized spacial score (nSPS) is 11.7. The van der Waals surface area contributed by atoms with Crippen LogP contribution in [-0.2, 0) is 4.79 Å². The Morgan fingerprint density at radius 2 is 1.88 bits per heavy atom. The molecule has 0 bridgehead atoms. The quantitative estimate of drug-likeness (QED) is 0.813. The molecule has 2 aromatic carbocycles. The highest BCUT2D eigenvalue weighted by molar-refractivity contribution is 6.35. The number of rotatable bonds is 6. The first-order valence-electron chi connectivity index (χ1n) is 7.42. The molecule has 0 radical (unpaired) electrons. The number of hydrogen-bond acceptors (Lipinski definition) is 3. The summed E-state index contributed by atoms with van der Waals surface area (Å²) in [5.74, 6) is 0.893. The van der Waals surface area contributed by atoms with Gasteiger partial charge in [-0.3, -0.25) is 4.79 Å². The molecule has 1 amide bonds. The van der Waals surface area contributed by atoms with Crippen LogP contribution in [0, 0.1) is 6.92 Å². The van der Waals surface area contributed by atoms with Crippen molar-refractivity contribution in [1.82, 2.24) is 5.32 Å². The number of halogens is 2. The molecule has 0 aliphatic heterocycles. The van der Waals surface area contributed by atoms with E-state index in [4.69, 9.17) is 32.7 Å². The minimum Gasteiger partial charge on any atom is -0.496 e. The van der Waals surface area contributed by atoms with E-state index in [2.05, 4.69) is 5.32 Å². The van der Waals surface area contributed by atoms with Crippen LogP contribution in [0.4, 0.5) is 0 Å². The van der Waals surface area contributed by atoms with Crippen molar-refractivity contribution in [2.75, 3.05) is 13.7 Å². The van der Waals surface area contributed by atoms with Crippen molar-refractivity contribution in [2.24, 2.45) is 0 Å². The van der Waals surface area contributed by atoms with E-state index < -0.39 is 0 Å². The van der Waals surface area contributed by atoms with Gasteiger partial charge in [0.05, 0.1) is 18.2 Å². The molecule has 1 unspecified atom stereocenters. The molecule has 2 rings (SSSR count). The van der Waals surface area contributed by atoms with Crippen LogP contribution in [0.15, 0.2) is 36.4 Å². The Labute approximate surface area is 151 Å². The number of amides is 1. The zero-order valence-electron chi connectivity index (χ0n) is 13.7. The lowest BCUT2D eigenvalue weighted by Gasteiger charge is -2.18. The van der Waals surface area contributed by atoms with Crippen molar-refractivity contribution < 1.29 is 14.3 Å². The first-order valence-corrected chi connectivity index (χ1v) is 8.18. The fourth-order valence-electron chi connectivity index (χ4n) is 2.29. The van der Waals surface area contributed by atoms with Crippen LogP contribution in [0.2, 0.25) is 10.0 Å². The third-order valence-corrected chi connectivity index (χ3v) is 4.01. The van der Waals surface area contributed by atoms with Gasteiger partial charge in [-0.2, -0.15) is 0 Å². The van der Waals surface area contributed by atoms with Crippen LogP contribution >= 0.6 is 23.2 Å². The van der Waals surface area contributed by atoms with Gasteiger partial charge in [-0.05, 0) is 38.1 Å². The molecule has 24 heavy (non-hydrogen) atoms. The molecule has 0 saturated carbocycles. The van der Waals surface area contributed by atoms with Crippen LogP contribution in [0.25, 0.3) is 0 Å². The Balaban J connectivity index is 1.98. The van der Waals surface area contributed by atoms with Gasteiger partial charge in [0.1, 0.15) is 11.5 Å². The molecule has 1 N–H and O–H groups in total. The standard InChI is InChI=1S/C18H19Cl2NO3/c1-11-4-6-16(23-3)14(8-11)12(2)21-18(22)10-24-17-7-5-13(19)9-15(17)20/h4-9,12H,10H2,1-3H3,(H,21,22). The number of benzene rings is 2. The summed E-state index contributed by atoms with van der Waals surface area (Å²) in [6.45, 7) is 3.74. The average Bonchev–Trinajstić information content (AvgIpc) is 2.54. The zero-order chi connectivity index (χ0) is 17.7. The molecule has 4 nitrogen and oxygen atoms in total. The van der Waals surface area contributed by atoms with Crippen LogP contribution < -0.4 is 14.8 Å². The highest BCUT2D eigenvalue weighted by Crippen LogP contribution is 2.28. The number of carbonyl (C=O) groups is 1. The summed E-state index contributed by atoms with van der Waals surface area (Å²) in [6.07, 6.45) is 0. The second-order valence-electron chi connectivity index (χ2n) is 5.40. The van der Waals surface area contributed by atoms with Gasteiger partial charge in [-0.1, -0.05) is 40.9 Å². The summed E-state index contributed by atoms with van der Waals surface area (Å²) in [5.41, 5.74) is 2.01. The number of aryl methyl sites for hydroxylation is 1. The molecule has 0 aromatic heterocycles. The van der Waals surface area contributed by atoms with Crippen molar-refractivity contribution in [1.29, 1.82) is 0 Å². The Morgan fingerprint density at radius 3 is 2.54 bits per heavy atom. The molecule has 0 saturated heterocycles. The van der Waals surface area contributed by atoms with Crippen molar-refractivity contribution in [3.8, 4) is 11.5 Å². The van der Waals surface area contributed by atoms with Gasteiger partial charge < -0.3 is 14.8 Å². The topological polar surface area (TPSA) is 47.6 Å². The Kier molecular flexibility index (Phi) is 6.35. The monoisotopic (exact) mass is 367 g/mol. The van der Waals surface area contributed by atoms with E-state index in [1.165, 1.54) is 0 Å². The van der Waals surface area contributed by atoms with Gasteiger partial charge in [0.2, 0.25) is 0 Å². The van der Waals surface area contributed by atoms with Gasteiger partial charge in [-0.15, -0.1) is 0 Å². The fraction of sp³-hybridized carbons (Fsp3) is 0.278. The summed E-state index contributed by atoms with van der Waals surface area (Å²) in [4.78, 5) is 12.1. The molecule has 0 heterocycles. The highest BCUT2D eigenvalue weighted by Gasteiger charge is 2.15. The first kappa shape index (κ1) is 18.4. The van der Waals surface area contributed by atoms with E-state index >= 15 is 0 Å². The second kappa shape index (κ2) is 8.27. The van der Waals surface area contributed by atoms with Crippen LogP contribution in [0.3, 0.4) is 0 Å². The predicted octanol–water partition coefficient (Wildman–Crippen LogP) is 4.57. The van der Waals surface area contributed by atoms with Crippen LogP contribution in [0.5, 0.6) is 11.5 Å². The third-order valence-electron chi connectivity index (χ3n) is 3.48. The third kappa shape index (κ3) is 4.79. The Morgan fingerprint density at radius 1 is 1.17 bits per heavy atom. The van der Waals surface area contributed by atoms with Crippen molar-refractivity contribution in [3.05, 3.63) is 57.6 Å². The molecule has 0 fully saturated rings. The van der Waals surface area contributed by atoms with E-state index in [0.29, 0.717) is 15.8 Å². The summed E-state index contributed by atoms with van der Waals surface area (Å²) in [7, 11) is 1.61. The largest absolute Gasteiger partial charge is 0.496 e. The lowest BCUT2D eigenvalue weighted by Crippen LogP contribution is -2.31. The number of nitrogens with one attached hydrogen (secondary N) is 1. The van der Waals surface area contributed by atoms with Crippen LogP contribution in [-0.4, -0.2) is 19.6 Å².